The summed E-state index contributed by atoms with van der Waals surface area (Å²) < 4.78 is 0. The summed E-state index contributed by atoms with van der Waals surface area (Å²) in [4.78, 5) is 11.6. The van der Waals surface area contributed by atoms with Crippen LogP contribution in [0.25, 0.3) is 0 Å². The summed E-state index contributed by atoms with van der Waals surface area (Å²) in [5, 5.41) is 21.6. The maximum absolute atomic E-state index is 11.6. The first-order chi connectivity index (χ1) is 10.9. The molecule has 1 N–H and O–H groups in total. The van der Waals surface area contributed by atoms with Crippen LogP contribution in [0.15, 0.2) is 11.6 Å². The van der Waals surface area contributed by atoms with Crippen molar-refractivity contribution in [1.29, 1.82) is 0 Å². The van der Waals surface area contributed by atoms with Crippen molar-refractivity contribution in [1.82, 2.24) is 0 Å². The number of rotatable bonds is 1. The molecule has 0 bridgehead atoms. The molecule has 4 aliphatic carbocycles. The minimum atomic E-state index is -0.826. The van der Waals surface area contributed by atoms with Crippen LogP contribution in [0.3, 0.4) is 0 Å². The van der Waals surface area contributed by atoms with Gasteiger partial charge in [-0.25, -0.2) is 0 Å². The molecule has 0 spiro atoms. The van der Waals surface area contributed by atoms with E-state index in [0.717, 1.165) is 51.4 Å². The molecule has 4 rings (SSSR count). The molecule has 4 aliphatic rings. The normalized spacial score (nSPS) is 52.1. The molecule has 0 aromatic carbocycles. The summed E-state index contributed by atoms with van der Waals surface area (Å²) in [5.74, 6) is 0.758. The first-order valence-electron chi connectivity index (χ1n) is 9.44. The molecule has 0 aromatic heterocycles. The number of aliphatic hydroxyl groups is 1. The van der Waals surface area contributed by atoms with E-state index in [-0.39, 0.29) is 22.9 Å². The molecule has 0 aliphatic heterocycles. The Hall–Kier alpha value is -0.830. The fraction of sp³-hybridized carbons (Fsp3) is 0.850. The third-order valence-electron chi connectivity index (χ3n) is 8.36. The summed E-state index contributed by atoms with van der Waals surface area (Å²) in [6, 6.07) is 0. The average Bonchev–Trinajstić information content (AvgIpc) is 2.85. The minimum Gasteiger partial charge on any atom is -0.550 e. The van der Waals surface area contributed by atoms with Gasteiger partial charge >= 0.3 is 0 Å². The largest absolute Gasteiger partial charge is 0.550 e. The maximum atomic E-state index is 11.6. The first-order valence-corrected chi connectivity index (χ1v) is 9.44. The highest BCUT2D eigenvalue weighted by atomic mass is 16.4. The fourth-order valence-corrected chi connectivity index (χ4v) is 7.03. The molecular formula is C20H29O3-. The van der Waals surface area contributed by atoms with Crippen molar-refractivity contribution >= 4 is 5.97 Å². The molecule has 23 heavy (non-hydrogen) atoms. The van der Waals surface area contributed by atoms with Crippen LogP contribution in [-0.2, 0) is 4.79 Å². The molecule has 128 valence electrons. The number of hydrogen-bond donors (Lipinski definition) is 1. The number of carbonyl (C=O) groups is 1. The zero-order valence-electron chi connectivity index (χ0n) is 14.4. The maximum Gasteiger partial charge on any atom is 0.0577 e. The number of carboxylic acids is 1. The van der Waals surface area contributed by atoms with E-state index in [1.54, 1.807) is 0 Å². The standard InChI is InChI=1S/C20H30O3/c1-19-9-7-13(21)11-12(19)3-4-14-15-5-6-17(18(22)23)20(15,2)10-8-16(14)19/h3,13-17,21H,4-11H2,1-2H3,(H,22,23)/p-1/t13-,14+,15-,16+,17+,19-,20+/m0/s1. The summed E-state index contributed by atoms with van der Waals surface area (Å²) >= 11 is 0. The quantitative estimate of drug-likeness (QED) is 0.756. The minimum absolute atomic E-state index is 0.0596. The molecular weight excluding hydrogens is 288 g/mol. The number of carboxylic acid groups (broad SMARTS) is 1. The van der Waals surface area contributed by atoms with E-state index in [0.29, 0.717) is 17.8 Å². The van der Waals surface area contributed by atoms with Gasteiger partial charge in [0.15, 0.2) is 0 Å². The van der Waals surface area contributed by atoms with Crippen molar-refractivity contribution in [3.05, 3.63) is 11.6 Å². The number of aliphatic hydroxyl groups excluding tert-OH is 1. The lowest BCUT2D eigenvalue weighted by atomic mass is 9.47. The SMILES string of the molecule is C[C@@]12CC[C@@H]3[C@H](CC=C4C[C@@H](O)CC[C@@]43C)[C@@H]1CC[C@@H]2C(=O)[O-]. The van der Waals surface area contributed by atoms with Crippen molar-refractivity contribution in [3.8, 4) is 0 Å². The molecule has 0 saturated heterocycles. The second kappa shape index (κ2) is 5.08. The Morgan fingerprint density at radius 1 is 1.17 bits per heavy atom. The van der Waals surface area contributed by atoms with E-state index in [9.17, 15) is 15.0 Å². The van der Waals surface area contributed by atoms with Crippen LogP contribution < -0.4 is 5.11 Å². The van der Waals surface area contributed by atoms with Crippen molar-refractivity contribution in [2.75, 3.05) is 0 Å². The molecule has 3 fully saturated rings. The van der Waals surface area contributed by atoms with Gasteiger partial charge in [0, 0.05) is 11.9 Å². The molecule has 3 nitrogen and oxygen atoms in total. The van der Waals surface area contributed by atoms with Crippen LogP contribution in [-0.4, -0.2) is 17.2 Å². The van der Waals surface area contributed by atoms with Crippen LogP contribution in [0.4, 0.5) is 0 Å². The van der Waals surface area contributed by atoms with Crippen molar-refractivity contribution in [2.24, 2.45) is 34.5 Å². The Bertz CT molecular complexity index is 553. The summed E-state index contributed by atoms with van der Waals surface area (Å²) in [6.07, 6.45) is 10.2. The monoisotopic (exact) mass is 317 g/mol. The second-order valence-corrected chi connectivity index (χ2v) is 9.15. The third kappa shape index (κ3) is 2.08. The predicted octanol–water partition coefficient (Wildman–Crippen LogP) is 2.68. The van der Waals surface area contributed by atoms with E-state index in [4.69, 9.17) is 0 Å². The lowest BCUT2D eigenvalue weighted by Gasteiger charge is -2.58. The van der Waals surface area contributed by atoms with Crippen LogP contribution in [0.2, 0.25) is 0 Å². The lowest BCUT2D eigenvalue weighted by molar-refractivity contribution is -0.315. The Labute approximate surface area is 139 Å². The van der Waals surface area contributed by atoms with Gasteiger partial charge in [0.05, 0.1) is 6.10 Å². The molecule has 0 aromatic rings. The zero-order valence-corrected chi connectivity index (χ0v) is 14.4. The average molecular weight is 317 g/mol. The van der Waals surface area contributed by atoms with Gasteiger partial charge in [0.1, 0.15) is 0 Å². The van der Waals surface area contributed by atoms with Gasteiger partial charge in [-0.1, -0.05) is 25.5 Å². The number of aliphatic carboxylic acids is 1. The topological polar surface area (TPSA) is 60.4 Å². The molecule has 0 unspecified atom stereocenters. The molecule has 7 atom stereocenters. The van der Waals surface area contributed by atoms with Crippen LogP contribution in [0.5, 0.6) is 0 Å². The highest BCUT2D eigenvalue weighted by Crippen LogP contribution is 2.66. The van der Waals surface area contributed by atoms with E-state index >= 15 is 0 Å². The van der Waals surface area contributed by atoms with Gasteiger partial charge in [-0.2, -0.15) is 0 Å². The third-order valence-corrected chi connectivity index (χ3v) is 8.36. The van der Waals surface area contributed by atoms with E-state index < -0.39 is 5.97 Å². The van der Waals surface area contributed by atoms with Crippen LogP contribution in [0.1, 0.15) is 65.2 Å². The number of fused-ring (bicyclic) bond motifs is 5. The van der Waals surface area contributed by atoms with E-state index in [1.165, 1.54) is 5.57 Å². The predicted molar refractivity (Wildman–Crippen MR) is 86.2 cm³/mol. The molecule has 3 saturated carbocycles. The number of hydrogen-bond acceptors (Lipinski definition) is 3. The Balaban J connectivity index is 1.66. The smallest absolute Gasteiger partial charge is 0.0577 e. The highest BCUT2D eigenvalue weighted by molar-refractivity contribution is 5.69. The van der Waals surface area contributed by atoms with Crippen molar-refractivity contribution < 1.29 is 15.0 Å². The fourth-order valence-electron chi connectivity index (χ4n) is 7.03. The first kappa shape index (κ1) is 15.7. The van der Waals surface area contributed by atoms with Gasteiger partial charge in [-0.05, 0) is 80.0 Å². The molecule has 3 heteroatoms. The summed E-state index contributed by atoms with van der Waals surface area (Å²) in [6.45, 7) is 4.63. The summed E-state index contributed by atoms with van der Waals surface area (Å²) in [5.41, 5.74) is 1.66. The second-order valence-electron chi connectivity index (χ2n) is 9.15. The Morgan fingerprint density at radius 2 is 1.96 bits per heavy atom. The Kier molecular flexibility index (Phi) is 3.46. The molecule has 0 heterocycles. The zero-order chi connectivity index (χ0) is 16.4. The van der Waals surface area contributed by atoms with Crippen LogP contribution >= 0.6 is 0 Å². The van der Waals surface area contributed by atoms with E-state index in [1.807, 2.05) is 0 Å². The molecule has 0 amide bonds. The lowest BCUT2D eigenvalue weighted by Crippen LogP contribution is -2.52. The van der Waals surface area contributed by atoms with Crippen LogP contribution in [0, 0.1) is 34.5 Å². The summed E-state index contributed by atoms with van der Waals surface area (Å²) in [7, 11) is 0. The van der Waals surface area contributed by atoms with Crippen molar-refractivity contribution in [2.45, 2.75) is 71.3 Å². The van der Waals surface area contributed by atoms with Gasteiger partial charge in [-0.3, -0.25) is 0 Å². The van der Waals surface area contributed by atoms with E-state index in [2.05, 4.69) is 19.9 Å². The number of carbonyl (C=O) groups excluding carboxylic acids is 1. The van der Waals surface area contributed by atoms with Gasteiger partial charge in [0.2, 0.25) is 0 Å². The van der Waals surface area contributed by atoms with Crippen molar-refractivity contribution in [3.63, 3.8) is 0 Å². The van der Waals surface area contributed by atoms with Gasteiger partial charge < -0.3 is 15.0 Å². The van der Waals surface area contributed by atoms with Gasteiger partial charge in [0.25, 0.3) is 0 Å². The number of allylic oxidation sites excluding steroid dienone is 1. The molecule has 0 radical (unpaired) electrons. The highest BCUT2D eigenvalue weighted by Gasteiger charge is 2.58. The Morgan fingerprint density at radius 3 is 2.70 bits per heavy atom. The van der Waals surface area contributed by atoms with Gasteiger partial charge in [-0.15, -0.1) is 0 Å².